The first-order valence-corrected chi connectivity index (χ1v) is 17.9. The van der Waals surface area contributed by atoms with Gasteiger partial charge in [0.25, 0.3) is 11.1 Å². The first-order chi connectivity index (χ1) is 25.2. The van der Waals surface area contributed by atoms with Crippen molar-refractivity contribution in [1.29, 1.82) is 0 Å². The Morgan fingerprint density at radius 1 is 0.722 bits per heavy atom. The van der Waals surface area contributed by atoms with Gasteiger partial charge in [-0.3, -0.25) is 18.7 Å². The van der Waals surface area contributed by atoms with Gasteiger partial charge in [0, 0.05) is 35.5 Å². The van der Waals surface area contributed by atoms with Crippen LogP contribution in [0.25, 0.3) is 21.8 Å². The van der Waals surface area contributed by atoms with Crippen LogP contribution >= 0.6 is 28.3 Å². The van der Waals surface area contributed by atoms with Crippen LogP contribution in [-0.4, -0.2) is 29.1 Å². The highest BCUT2D eigenvalue weighted by Crippen LogP contribution is 2.39. The molecular formula is C42H38BrClF2N6O2. The van der Waals surface area contributed by atoms with Crippen LogP contribution in [0.4, 0.5) is 8.78 Å². The summed E-state index contributed by atoms with van der Waals surface area (Å²) in [5.41, 5.74) is 2.27. The Labute approximate surface area is 326 Å². The Balaban J connectivity index is 0.000000175. The summed E-state index contributed by atoms with van der Waals surface area (Å²) in [6, 6.07) is 21.5. The van der Waals surface area contributed by atoms with E-state index in [4.69, 9.17) is 6.42 Å². The number of nitrogens with zero attached hydrogens (tertiary/aromatic N) is 6. The number of rotatable bonds is 0. The van der Waals surface area contributed by atoms with Crippen LogP contribution in [0.3, 0.4) is 0 Å². The number of hydrogen-bond acceptors (Lipinski definition) is 6. The largest absolute Gasteiger partial charge is 0.293 e. The molecule has 12 heteroatoms. The van der Waals surface area contributed by atoms with Crippen LogP contribution in [0.15, 0.2) is 99.3 Å². The molecule has 4 aromatic heterocycles. The number of halogens is 4. The number of pyridine rings is 2. The van der Waals surface area contributed by atoms with Gasteiger partial charge in [0.05, 0.1) is 21.8 Å². The summed E-state index contributed by atoms with van der Waals surface area (Å²) < 4.78 is 32.6. The van der Waals surface area contributed by atoms with E-state index in [1.165, 1.54) is 9.13 Å². The quantitative estimate of drug-likeness (QED) is 0.143. The summed E-state index contributed by atoms with van der Waals surface area (Å²) in [6.45, 7) is 8.87. The molecule has 0 amide bonds. The second-order valence-electron chi connectivity index (χ2n) is 14.6. The predicted octanol–water partition coefficient (Wildman–Crippen LogP) is 8.72. The third kappa shape index (κ3) is 9.10. The van der Waals surface area contributed by atoms with Crippen molar-refractivity contribution in [3.05, 3.63) is 139 Å². The molecule has 2 aliphatic rings. The predicted molar refractivity (Wildman–Crippen MR) is 214 cm³/mol. The first-order valence-electron chi connectivity index (χ1n) is 17.1. The molecule has 0 spiro atoms. The van der Waals surface area contributed by atoms with E-state index in [-0.39, 0.29) is 46.0 Å². The zero-order valence-electron chi connectivity index (χ0n) is 30.2. The number of terminal acetylenes is 1. The van der Waals surface area contributed by atoms with Crippen LogP contribution in [0, 0.1) is 35.0 Å². The maximum absolute atomic E-state index is 14.6. The molecule has 54 heavy (non-hydrogen) atoms. The van der Waals surface area contributed by atoms with Gasteiger partial charge in [-0.2, -0.15) is 0 Å². The van der Waals surface area contributed by atoms with Crippen LogP contribution in [0.2, 0.25) is 0 Å². The van der Waals surface area contributed by atoms with Crippen molar-refractivity contribution in [2.45, 2.75) is 66.0 Å². The molecule has 6 aromatic rings. The van der Waals surface area contributed by atoms with E-state index in [1.807, 2.05) is 58.0 Å². The van der Waals surface area contributed by atoms with Gasteiger partial charge < -0.3 is 0 Å². The van der Waals surface area contributed by atoms with Gasteiger partial charge in [-0.1, -0.05) is 67.6 Å². The van der Waals surface area contributed by atoms with Gasteiger partial charge in [0.15, 0.2) is 12.3 Å². The summed E-state index contributed by atoms with van der Waals surface area (Å²) in [6.07, 6.45) is 6.74. The number of hydrogen-bond donors (Lipinski definition) is 0. The number of benzene rings is 2. The molecule has 0 N–H and O–H groups in total. The highest BCUT2D eigenvalue weighted by molar-refractivity contribution is 9.10. The van der Waals surface area contributed by atoms with Crippen molar-refractivity contribution in [2.75, 3.05) is 0 Å². The van der Waals surface area contributed by atoms with Crippen molar-refractivity contribution in [3.8, 4) is 24.2 Å². The Bertz CT molecular complexity index is 2540. The van der Waals surface area contributed by atoms with Gasteiger partial charge in [-0.25, -0.2) is 28.7 Å². The fourth-order valence-electron chi connectivity index (χ4n) is 6.47. The van der Waals surface area contributed by atoms with Gasteiger partial charge in [-0.05, 0) is 90.3 Å². The highest BCUT2D eigenvalue weighted by atomic mass is 79.9. The third-order valence-electron chi connectivity index (χ3n) is 8.94. The van der Waals surface area contributed by atoms with Crippen molar-refractivity contribution in [1.82, 2.24) is 29.1 Å². The van der Waals surface area contributed by atoms with E-state index in [0.29, 0.717) is 64.7 Å². The Kier molecular flexibility index (Phi) is 12.2. The van der Waals surface area contributed by atoms with Crippen molar-refractivity contribution < 1.29 is 8.78 Å². The van der Waals surface area contributed by atoms with Crippen LogP contribution in [0.5, 0.6) is 0 Å². The summed E-state index contributed by atoms with van der Waals surface area (Å²) in [7, 11) is 0. The minimum atomic E-state index is -1.24. The minimum Gasteiger partial charge on any atom is -0.293 e. The van der Waals surface area contributed by atoms with Crippen molar-refractivity contribution in [3.63, 3.8) is 0 Å². The molecule has 0 fully saturated rings. The van der Waals surface area contributed by atoms with Gasteiger partial charge >= 0.3 is 0 Å². The first kappa shape index (κ1) is 40.0. The lowest BCUT2D eigenvalue weighted by molar-refractivity contribution is 0.136. The molecule has 2 aliphatic heterocycles. The van der Waals surface area contributed by atoms with Crippen LogP contribution in [-0.2, 0) is 13.1 Å². The smallest absolute Gasteiger partial charge is 0.261 e. The second kappa shape index (κ2) is 16.4. The van der Waals surface area contributed by atoms with Crippen molar-refractivity contribution in [2.24, 2.45) is 10.8 Å². The zero-order valence-corrected chi connectivity index (χ0v) is 32.6. The van der Waals surface area contributed by atoms with Crippen LogP contribution < -0.4 is 11.1 Å². The van der Waals surface area contributed by atoms with Crippen LogP contribution in [0.1, 0.15) is 81.5 Å². The number of aromatic nitrogens is 6. The second-order valence-corrected chi connectivity index (χ2v) is 15.5. The molecule has 8 nitrogen and oxygen atoms in total. The van der Waals surface area contributed by atoms with E-state index < -0.39 is 12.3 Å². The fraction of sp³-hybridized carbons (Fsp3) is 0.286. The Morgan fingerprint density at radius 2 is 1.22 bits per heavy atom. The Morgan fingerprint density at radius 3 is 1.70 bits per heavy atom. The summed E-state index contributed by atoms with van der Waals surface area (Å²) in [4.78, 5) is 42.1. The summed E-state index contributed by atoms with van der Waals surface area (Å²) in [5.74, 6) is 8.89. The van der Waals surface area contributed by atoms with E-state index in [2.05, 4.69) is 53.6 Å². The van der Waals surface area contributed by atoms with Gasteiger partial charge in [-0.15, -0.1) is 18.8 Å². The monoisotopic (exact) mass is 810 g/mol. The van der Waals surface area contributed by atoms with E-state index in [9.17, 15) is 18.4 Å². The molecule has 0 aliphatic carbocycles. The molecule has 6 heterocycles. The molecule has 8 rings (SSSR count). The molecule has 2 unspecified atom stereocenters. The standard InChI is InChI=1S/C21H18FN3O.C14H14BrFN2O.C7H5N.ClH/c1-21(2)12-17(22)19-24-18-11-14(6-8-15-5-3-4-10-23-15)7-9-16(18)20(26)25(19)13-21;1-14(2)6-10(16)12-17-11-5-8(15)3-4-9(11)13(19)18(12)7-14;1-2-7-5-3-4-6-8-7;/h3-5,7,9-11,17H,12-13H2,1-2H3;3-5,10H,6-7H2,1-2H3;1,3-6H;1H. The van der Waals surface area contributed by atoms with Gasteiger partial charge in [0.1, 0.15) is 23.0 Å². The third-order valence-corrected chi connectivity index (χ3v) is 9.43. The summed E-state index contributed by atoms with van der Waals surface area (Å²) >= 11 is 3.34. The molecule has 276 valence electrons. The van der Waals surface area contributed by atoms with Gasteiger partial charge in [0.2, 0.25) is 0 Å². The average molecular weight is 812 g/mol. The molecule has 0 bridgehead atoms. The molecule has 2 aromatic carbocycles. The number of fused-ring (bicyclic) bond motifs is 4. The zero-order chi connectivity index (χ0) is 37.9. The average Bonchev–Trinajstić information content (AvgIpc) is 3.12. The normalized spacial score (nSPS) is 17.4. The minimum absolute atomic E-state index is 0. The molecular weight excluding hydrogens is 774 g/mol. The number of alkyl halides is 2. The van der Waals surface area contributed by atoms with Crippen molar-refractivity contribution >= 4 is 50.1 Å². The van der Waals surface area contributed by atoms with E-state index in [1.54, 1.807) is 54.9 Å². The van der Waals surface area contributed by atoms with E-state index >= 15 is 0 Å². The lowest BCUT2D eigenvalue weighted by Gasteiger charge is -2.33. The molecule has 0 saturated carbocycles. The lowest BCUT2D eigenvalue weighted by Crippen LogP contribution is -2.37. The fourth-order valence-corrected chi connectivity index (χ4v) is 6.82. The maximum Gasteiger partial charge on any atom is 0.261 e. The molecule has 2 atom stereocenters. The summed E-state index contributed by atoms with van der Waals surface area (Å²) in [5, 5.41) is 1.03. The highest BCUT2D eigenvalue weighted by Gasteiger charge is 2.35. The lowest BCUT2D eigenvalue weighted by atomic mass is 9.84. The SMILES string of the molecule is C#Cc1ccccn1.CC1(C)CC(F)c2nc3cc(Br)ccc3c(=O)n2C1.CC1(C)CC(F)c2nc3cc(C#Cc4ccccn4)ccc3c(=O)n2C1.Cl. The van der Waals surface area contributed by atoms with E-state index in [0.717, 1.165) is 4.47 Å². The topological polar surface area (TPSA) is 95.6 Å². The molecule has 0 radical (unpaired) electrons. The maximum atomic E-state index is 14.6. The molecule has 0 saturated heterocycles. The Hall–Kier alpha value is -5.23.